The maximum absolute atomic E-state index is 15.2. The number of nitrogens with zero attached hydrogens (tertiary/aromatic N) is 5. The van der Waals surface area contributed by atoms with Gasteiger partial charge in [0, 0.05) is 24.7 Å². The van der Waals surface area contributed by atoms with Gasteiger partial charge in [-0.1, -0.05) is 11.2 Å². The van der Waals surface area contributed by atoms with Gasteiger partial charge in [0.15, 0.2) is 17.7 Å². The molecule has 2 aromatic heterocycles. The van der Waals surface area contributed by atoms with Crippen molar-refractivity contribution < 1.29 is 23.9 Å². The number of hydrogen-bond acceptors (Lipinski definition) is 8. The molecule has 0 spiro atoms. The lowest BCUT2D eigenvalue weighted by molar-refractivity contribution is 0.0694. The molecular weight excluding hydrogens is 445 g/mol. The molecule has 0 bridgehead atoms. The summed E-state index contributed by atoms with van der Waals surface area (Å²) in [7, 11) is 1.57. The van der Waals surface area contributed by atoms with E-state index in [1.54, 1.807) is 11.7 Å². The maximum Gasteiger partial charge on any atom is 0.341 e. The number of aromatic carboxylic acids is 1. The standard InChI is InChI=1S/C23H22FN5O5/c1-33-18-5-2-11(7-25-18)19-14-8-28(10-17(14)34-27-19)22-16(24)6-13-20(30)15(23(31)32)9-29(12-3-4-12)21(13)26-22/h2,5-6,9,11-12,14,17H,3-4,7-8,10H2,1H3,(H,31,32). The molecule has 2 aromatic rings. The summed E-state index contributed by atoms with van der Waals surface area (Å²) in [6.45, 7) is 1.37. The molecule has 3 unspecified atom stereocenters. The molecule has 6 rings (SSSR count). The van der Waals surface area contributed by atoms with Crippen LogP contribution in [0.25, 0.3) is 11.0 Å². The fraction of sp³-hybridized carbons (Fsp3) is 0.435. The number of fused-ring (bicyclic) bond motifs is 2. The number of aromatic nitrogens is 2. The van der Waals surface area contributed by atoms with E-state index in [1.807, 2.05) is 17.1 Å². The number of carboxylic acid groups (broad SMARTS) is 1. The Bertz CT molecular complexity index is 1360. The van der Waals surface area contributed by atoms with Crippen LogP contribution in [0.5, 0.6) is 0 Å². The summed E-state index contributed by atoms with van der Waals surface area (Å²) in [6, 6.07) is 1.17. The first kappa shape index (κ1) is 20.8. The van der Waals surface area contributed by atoms with E-state index < -0.39 is 17.2 Å². The van der Waals surface area contributed by atoms with Gasteiger partial charge < -0.3 is 24.1 Å². The number of hydrogen-bond donors (Lipinski definition) is 1. The summed E-state index contributed by atoms with van der Waals surface area (Å²) in [5.41, 5.74) is 0.0638. The zero-order valence-electron chi connectivity index (χ0n) is 18.3. The molecule has 10 nitrogen and oxygen atoms in total. The summed E-state index contributed by atoms with van der Waals surface area (Å²) in [4.78, 5) is 40.6. The number of carboxylic acids is 1. The molecular formula is C23H22FN5O5. The molecule has 1 N–H and O–H groups in total. The van der Waals surface area contributed by atoms with E-state index in [9.17, 15) is 14.7 Å². The van der Waals surface area contributed by atoms with E-state index in [0.29, 0.717) is 31.2 Å². The minimum Gasteiger partial charge on any atom is -0.481 e. The lowest BCUT2D eigenvalue weighted by Gasteiger charge is -2.21. The van der Waals surface area contributed by atoms with Crippen LogP contribution < -0.4 is 10.3 Å². The molecule has 1 aliphatic carbocycles. The van der Waals surface area contributed by atoms with Gasteiger partial charge in [-0.15, -0.1) is 0 Å². The van der Waals surface area contributed by atoms with Crippen molar-refractivity contribution in [2.24, 2.45) is 22.0 Å². The van der Waals surface area contributed by atoms with Crippen molar-refractivity contribution in [2.45, 2.75) is 25.0 Å². The number of pyridine rings is 2. The van der Waals surface area contributed by atoms with Gasteiger partial charge in [0.1, 0.15) is 11.2 Å². The number of aliphatic imine (C=N–C) groups is 1. The SMILES string of the molecule is COC1=NCC(C2=NOC3CN(c4nc5c(cc4F)c(=O)c(C(=O)O)cn5C4CC4)CC23)C=C1. The van der Waals surface area contributed by atoms with Gasteiger partial charge in [0.25, 0.3) is 0 Å². The van der Waals surface area contributed by atoms with E-state index in [2.05, 4.69) is 15.1 Å². The Hall–Kier alpha value is -3.76. The topological polar surface area (TPSA) is 119 Å². The molecule has 0 aromatic carbocycles. The van der Waals surface area contributed by atoms with Gasteiger partial charge in [0.05, 0.1) is 37.2 Å². The molecule has 34 heavy (non-hydrogen) atoms. The van der Waals surface area contributed by atoms with Gasteiger partial charge in [-0.2, -0.15) is 0 Å². The van der Waals surface area contributed by atoms with Crippen molar-refractivity contribution >= 4 is 34.4 Å². The first-order valence-corrected chi connectivity index (χ1v) is 11.2. The average molecular weight is 467 g/mol. The Morgan fingerprint density at radius 2 is 2.15 bits per heavy atom. The number of rotatable bonds is 4. The predicted octanol–water partition coefficient (Wildman–Crippen LogP) is 1.99. The second-order valence-corrected chi connectivity index (χ2v) is 9.00. The lowest BCUT2D eigenvalue weighted by Crippen LogP contribution is -2.30. The zero-order chi connectivity index (χ0) is 23.6. The number of dihydropyridines is 1. The van der Waals surface area contributed by atoms with Crippen molar-refractivity contribution in [3.05, 3.63) is 46.0 Å². The van der Waals surface area contributed by atoms with Crippen LogP contribution >= 0.6 is 0 Å². The van der Waals surface area contributed by atoms with Gasteiger partial charge in [-0.05, 0) is 25.0 Å². The van der Waals surface area contributed by atoms with Crippen LogP contribution in [-0.4, -0.2) is 65.1 Å². The highest BCUT2D eigenvalue weighted by molar-refractivity contribution is 5.96. The third-order valence-electron chi connectivity index (χ3n) is 6.85. The number of halogens is 1. The van der Waals surface area contributed by atoms with E-state index in [-0.39, 0.29) is 40.7 Å². The molecule has 1 saturated heterocycles. The summed E-state index contributed by atoms with van der Waals surface area (Å²) in [6.07, 6.45) is 6.61. The van der Waals surface area contributed by atoms with Gasteiger partial charge >= 0.3 is 5.97 Å². The first-order valence-electron chi connectivity index (χ1n) is 11.2. The normalized spacial score (nSPS) is 25.7. The van der Waals surface area contributed by atoms with Crippen LogP contribution in [-0.2, 0) is 9.57 Å². The van der Waals surface area contributed by atoms with E-state index in [1.165, 1.54) is 6.20 Å². The predicted molar refractivity (Wildman–Crippen MR) is 121 cm³/mol. The Morgan fingerprint density at radius 3 is 2.82 bits per heavy atom. The van der Waals surface area contributed by atoms with Crippen LogP contribution in [0.3, 0.4) is 0 Å². The number of methoxy groups -OCH3 is 1. The minimum absolute atomic E-state index is 0.0160. The zero-order valence-corrected chi connectivity index (χ0v) is 18.3. The van der Waals surface area contributed by atoms with E-state index >= 15 is 4.39 Å². The van der Waals surface area contributed by atoms with Crippen LogP contribution in [0.4, 0.5) is 10.2 Å². The van der Waals surface area contributed by atoms with E-state index in [4.69, 9.17) is 9.57 Å². The van der Waals surface area contributed by atoms with Crippen LogP contribution in [0.15, 0.2) is 39.4 Å². The molecule has 176 valence electrons. The number of ether oxygens (including phenoxy) is 1. The molecule has 5 heterocycles. The smallest absolute Gasteiger partial charge is 0.341 e. The van der Waals surface area contributed by atoms with Crippen molar-refractivity contribution in [3.63, 3.8) is 0 Å². The Kier molecular flexibility index (Phi) is 4.68. The average Bonchev–Trinajstić information content (AvgIpc) is 3.47. The second-order valence-electron chi connectivity index (χ2n) is 9.00. The summed E-state index contributed by atoms with van der Waals surface area (Å²) < 4.78 is 22.1. The van der Waals surface area contributed by atoms with Gasteiger partial charge in [0.2, 0.25) is 11.3 Å². The third kappa shape index (κ3) is 3.25. The van der Waals surface area contributed by atoms with Crippen molar-refractivity contribution in [1.29, 1.82) is 0 Å². The molecule has 0 amide bonds. The number of anilines is 1. The summed E-state index contributed by atoms with van der Waals surface area (Å²) >= 11 is 0. The molecule has 4 aliphatic rings. The summed E-state index contributed by atoms with van der Waals surface area (Å²) in [5, 5.41) is 13.7. The molecule has 1 saturated carbocycles. The van der Waals surface area contributed by atoms with Crippen molar-refractivity contribution in [3.8, 4) is 0 Å². The highest BCUT2D eigenvalue weighted by Crippen LogP contribution is 2.38. The summed E-state index contributed by atoms with van der Waals surface area (Å²) in [5.74, 6) is -1.36. The lowest BCUT2D eigenvalue weighted by atomic mass is 9.89. The Morgan fingerprint density at radius 1 is 1.32 bits per heavy atom. The minimum atomic E-state index is -1.33. The Labute approximate surface area is 193 Å². The fourth-order valence-corrected chi connectivity index (χ4v) is 4.94. The highest BCUT2D eigenvalue weighted by atomic mass is 19.1. The first-order chi connectivity index (χ1) is 16.4. The number of oxime groups is 1. The molecule has 11 heteroatoms. The van der Waals surface area contributed by atoms with Gasteiger partial charge in [-0.3, -0.25) is 9.79 Å². The molecule has 0 radical (unpaired) electrons. The van der Waals surface area contributed by atoms with Crippen LogP contribution in [0.1, 0.15) is 29.2 Å². The maximum atomic E-state index is 15.2. The molecule has 2 fully saturated rings. The van der Waals surface area contributed by atoms with Crippen LogP contribution in [0, 0.1) is 17.7 Å². The number of carbonyl (C=O) groups is 1. The van der Waals surface area contributed by atoms with Gasteiger partial charge in [-0.25, -0.2) is 14.2 Å². The largest absolute Gasteiger partial charge is 0.481 e. The van der Waals surface area contributed by atoms with E-state index in [0.717, 1.165) is 24.6 Å². The van der Waals surface area contributed by atoms with Crippen molar-refractivity contribution in [1.82, 2.24) is 9.55 Å². The quantitative estimate of drug-likeness (QED) is 0.731. The molecule has 3 aliphatic heterocycles. The third-order valence-corrected chi connectivity index (χ3v) is 6.85. The second kappa shape index (κ2) is 7.64. The van der Waals surface area contributed by atoms with Crippen LogP contribution in [0.2, 0.25) is 0 Å². The Balaban J connectivity index is 1.33. The fourth-order valence-electron chi connectivity index (χ4n) is 4.94. The monoisotopic (exact) mass is 467 g/mol. The molecule has 3 atom stereocenters. The highest BCUT2D eigenvalue weighted by Gasteiger charge is 2.45. The van der Waals surface area contributed by atoms with Crippen molar-refractivity contribution in [2.75, 3.05) is 31.6 Å².